The van der Waals surface area contributed by atoms with Crippen LogP contribution in [0.1, 0.15) is 0 Å². The molecule has 0 aromatic heterocycles. The van der Waals surface area contributed by atoms with Crippen molar-refractivity contribution in [2.24, 2.45) is 0 Å². The number of hydrogen-bond donors (Lipinski definition) is 2. The summed E-state index contributed by atoms with van der Waals surface area (Å²) in [4.78, 5) is 4.56. The quantitative estimate of drug-likeness (QED) is 0.523. The molecule has 0 aromatic carbocycles. The maximum atomic E-state index is 9.14. The van der Waals surface area contributed by atoms with Gasteiger partial charge in [-0.2, -0.15) is 0 Å². The summed E-state index contributed by atoms with van der Waals surface area (Å²) in [5.41, 5.74) is 0. The zero-order valence-electron chi connectivity index (χ0n) is 7.19. The third-order valence-corrected chi connectivity index (χ3v) is 3.11. The summed E-state index contributed by atoms with van der Waals surface area (Å²) in [5.74, 6) is 0. The highest BCUT2D eigenvalue weighted by Crippen LogP contribution is 2.21. The zero-order valence-corrected chi connectivity index (χ0v) is 7.19. The average molecular weight is 172 g/mol. The fourth-order valence-corrected chi connectivity index (χ4v) is 2.36. The fraction of sp³-hybridized carbons (Fsp3) is 1.00. The molecule has 0 radical (unpaired) electrons. The molecule has 0 amide bonds. The third kappa shape index (κ3) is 1.15. The largest absolute Gasteiger partial charge is 0.395 e. The number of fused-ring (bicyclic) bond motifs is 3. The third-order valence-electron chi connectivity index (χ3n) is 3.11. The lowest BCUT2D eigenvalue weighted by Gasteiger charge is -2.52. The first-order valence-electron chi connectivity index (χ1n) is 4.56. The van der Waals surface area contributed by atoms with Crippen molar-refractivity contribution in [3.05, 3.63) is 0 Å². The van der Waals surface area contributed by atoms with Gasteiger partial charge in [0, 0.05) is 26.2 Å². The number of rotatable bonds is 2. The molecular formula is C8H16N2O2. The van der Waals surface area contributed by atoms with Crippen LogP contribution < -0.4 is 0 Å². The standard InChI is InChI=1S/C8H16N2O2/c11-5-7-8(6-12)10-2-1-9(7)3-4-10/h7-8,11-12H,1-6H2. The molecular weight excluding hydrogens is 156 g/mol. The van der Waals surface area contributed by atoms with Gasteiger partial charge in [-0.25, -0.2) is 0 Å². The second-order valence-electron chi connectivity index (χ2n) is 3.57. The summed E-state index contributed by atoms with van der Waals surface area (Å²) in [5, 5.41) is 18.3. The predicted molar refractivity (Wildman–Crippen MR) is 44.9 cm³/mol. The lowest BCUT2D eigenvalue weighted by Crippen LogP contribution is -2.68. The molecule has 2 bridgehead atoms. The maximum absolute atomic E-state index is 9.14. The zero-order chi connectivity index (χ0) is 8.55. The smallest absolute Gasteiger partial charge is 0.0603 e. The highest BCUT2D eigenvalue weighted by molar-refractivity contribution is 4.95. The van der Waals surface area contributed by atoms with Crippen LogP contribution in [0.5, 0.6) is 0 Å². The highest BCUT2D eigenvalue weighted by atomic mass is 16.3. The lowest BCUT2D eigenvalue weighted by atomic mass is 9.99. The van der Waals surface area contributed by atoms with Crippen molar-refractivity contribution in [1.29, 1.82) is 0 Å². The molecule has 3 saturated heterocycles. The average Bonchev–Trinajstić information content (AvgIpc) is 2.18. The van der Waals surface area contributed by atoms with Gasteiger partial charge < -0.3 is 10.2 Å². The number of piperazine rings is 3. The minimum Gasteiger partial charge on any atom is -0.395 e. The van der Waals surface area contributed by atoms with Crippen molar-refractivity contribution in [3.8, 4) is 0 Å². The van der Waals surface area contributed by atoms with Crippen molar-refractivity contribution >= 4 is 0 Å². The molecule has 4 heteroatoms. The van der Waals surface area contributed by atoms with E-state index in [0.29, 0.717) is 0 Å². The summed E-state index contributed by atoms with van der Waals surface area (Å²) < 4.78 is 0. The van der Waals surface area contributed by atoms with Gasteiger partial charge >= 0.3 is 0 Å². The van der Waals surface area contributed by atoms with E-state index in [-0.39, 0.29) is 25.3 Å². The van der Waals surface area contributed by atoms with Crippen LogP contribution in [-0.4, -0.2) is 71.5 Å². The molecule has 2 atom stereocenters. The molecule has 3 fully saturated rings. The molecule has 3 rings (SSSR count). The van der Waals surface area contributed by atoms with Crippen LogP contribution in [-0.2, 0) is 0 Å². The number of aliphatic hydroxyl groups is 2. The second-order valence-corrected chi connectivity index (χ2v) is 3.57. The number of nitrogens with zero attached hydrogens (tertiary/aromatic N) is 2. The van der Waals surface area contributed by atoms with E-state index >= 15 is 0 Å². The second kappa shape index (κ2) is 3.30. The molecule has 3 aliphatic rings. The van der Waals surface area contributed by atoms with Gasteiger partial charge in [0.1, 0.15) is 0 Å². The Kier molecular flexibility index (Phi) is 2.32. The van der Waals surface area contributed by atoms with E-state index in [4.69, 9.17) is 10.2 Å². The molecule has 12 heavy (non-hydrogen) atoms. The number of aliphatic hydroxyl groups excluding tert-OH is 2. The van der Waals surface area contributed by atoms with Gasteiger partial charge in [0.25, 0.3) is 0 Å². The Balaban J connectivity index is 2.10. The fourth-order valence-electron chi connectivity index (χ4n) is 2.36. The van der Waals surface area contributed by atoms with Crippen LogP contribution >= 0.6 is 0 Å². The van der Waals surface area contributed by atoms with Crippen molar-refractivity contribution in [1.82, 2.24) is 9.80 Å². The van der Waals surface area contributed by atoms with Crippen LogP contribution in [0.3, 0.4) is 0 Å². The monoisotopic (exact) mass is 172 g/mol. The van der Waals surface area contributed by atoms with Crippen molar-refractivity contribution in [2.75, 3.05) is 39.4 Å². The molecule has 4 nitrogen and oxygen atoms in total. The summed E-state index contributed by atoms with van der Waals surface area (Å²) >= 11 is 0. The summed E-state index contributed by atoms with van der Waals surface area (Å²) in [6, 6.07) is 0.329. The van der Waals surface area contributed by atoms with Crippen molar-refractivity contribution in [3.63, 3.8) is 0 Å². The summed E-state index contributed by atoms with van der Waals surface area (Å²) in [6.45, 7) is 4.51. The van der Waals surface area contributed by atoms with E-state index in [1.54, 1.807) is 0 Å². The molecule has 2 unspecified atom stereocenters. The van der Waals surface area contributed by atoms with Gasteiger partial charge in [-0.3, -0.25) is 9.80 Å². The first-order chi connectivity index (χ1) is 5.86. The van der Waals surface area contributed by atoms with Gasteiger partial charge in [-0.05, 0) is 0 Å². The van der Waals surface area contributed by atoms with E-state index in [1.807, 2.05) is 0 Å². The lowest BCUT2D eigenvalue weighted by molar-refractivity contribution is -0.0729. The Morgan fingerprint density at radius 3 is 1.42 bits per heavy atom. The molecule has 3 heterocycles. The Labute approximate surface area is 72.4 Å². The predicted octanol–water partition coefficient (Wildman–Crippen LogP) is -1.66. The Morgan fingerprint density at radius 1 is 0.833 bits per heavy atom. The molecule has 0 spiro atoms. The van der Waals surface area contributed by atoms with Gasteiger partial charge in [-0.15, -0.1) is 0 Å². The molecule has 70 valence electrons. The van der Waals surface area contributed by atoms with E-state index in [9.17, 15) is 0 Å². The first kappa shape index (κ1) is 8.44. The van der Waals surface area contributed by atoms with Crippen LogP contribution in [0, 0.1) is 0 Å². The van der Waals surface area contributed by atoms with Crippen molar-refractivity contribution in [2.45, 2.75) is 12.1 Å². The normalized spacial score (nSPS) is 46.5. The Hall–Kier alpha value is -0.160. The minimum absolute atomic E-state index is 0.164. The van der Waals surface area contributed by atoms with E-state index in [1.165, 1.54) is 0 Å². The van der Waals surface area contributed by atoms with E-state index in [0.717, 1.165) is 26.2 Å². The Morgan fingerprint density at radius 2 is 1.17 bits per heavy atom. The molecule has 0 aliphatic carbocycles. The molecule has 2 N–H and O–H groups in total. The van der Waals surface area contributed by atoms with Crippen LogP contribution in [0.2, 0.25) is 0 Å². The van der Waals surface area contributed by atoms with Gasteiger partial charge in [0.15, 0.2) is 0 Å². The molecule has 3 aliphatic heterocycles. The van der Waals surface area contributed by atoms with Gasteiger partial charge in [-0.1, -0.05) is 0 Å². The van der Waals surface area contributed by atoms with Crippen molar-refractivity contribution < 1.29 is 10.2 Å². The topological polar surface area (TPSA) is 46.9 Å². The summed E-state index contributed by atoms with van der Waals surface area (Å²) in [7, 11) is 0. The molecule has 0 saturated carbocycles. The van der Waals surface area contributed by atoms with E-state index in [2.05, 4.69) is 9.80 Å². The number of hydrogen-bond acceptors (Lipinski definition) is 4. The molecule has 0 aromatic rings. The van der Waals surface area contributed by atoms with E-state index < -0.39 is 0 Å². The van der Waals surface area contributed by atoms with Crippen LogP contribution in [0.4, 0.5) is 0 Å². The van der Waals surface area contributed by atoms with Crippen LogP contribution in [0.15, 0.2) is 0 Å². The van der Waals surface area contributed by atoms with Gasteiger partial charge in [0.05, 0.1) is 25.3 Å². The summed E-state index contributed by atoms with van der Waals surface area (Å²) in [6.07, 6.45) is 0. The highest BCUT2D eigenvalue weighted by Gasteiger charge is 2.39. The maximum Gasteiger partial charge on any atom is 0.0603 e. The Bertz CT molecular complexity index is 139. The van der Waals surface area contributed by atoms with Crippen LogP contribution in [0.25, 0.3) is 0 Å². The SMILES string of the molecule is OCC1C(CO)N2CCN1CC2. The van der Waals surface area contributed by atoms with Gasteiger partial charge in [0.2, 0.25) is 0 Å². The first-order valence-corrected chi connectivity index (χ1v) is 4.56. The minimum atomic E-state index is 0.164.